The first-order chi connectivity index (χ1) is 10.6. The molecule has 114 valence electrons. The summed E-state index contributed by atoms with van der Waals surface area (Å²) in [5, 5.41) is 17.6. The van der Waals surface area contributed by atoms with Gasteiger partial charge in [-0.15, -0.1) is 0 Å². The molecule has 0 unspecified atom stereocenters. The molecule has 0 saturated heterocycles. The number of nitrogens with zero attached hydrogens (tertiary/aromatic N) is 1. The van der Waals surface area contributed by atoms with E-state index < -0.39 is 0 Å². The summed E-state index contributed by atoms with van der Waals surface area (Å²) in [6.07, 6.45) is 7.57. The van der Waals surface area contributed by atoms with E-state index in [2.05, 4.69) is 4.40 Å². The largest absolute Gasteiger partial charge is 0.507 e. The smallest absolute Gasteiger partial charge is 0.302 e. The molecule has 0 saturated carbocycles. The standard InChI is InChI=1S/C16H16N2O3S/c1-11(19)21-9-8-12-6-7-15(20)16(10-12)22-18-14-5-3-2-4-13(14)17/h2-7,10,17,20H,8-9H2,1H3. The summed E-state index contributed by atoms with van der Waals surface area (Å²) in [5.41, 5.74) is 1.83. The van der Waals surface area contributed by atoms with Gasteiger partial charge in [-0.2, -0.15) is 0 Å². The van der Waals surface area contributed by atoms with E-state index in [1.165, 1.54) is 6.92 Å². The minimum atomic E-state index is -0.310. The highest BCUT2D eigenvalue weighted by Crippen LogP contribution is 2.30. The van der Waals surface area contributed by atoms with E-state index in [1.54, 1.807) is 36.4 Å². The van der Waals surface area contributed by atoms with Gasteiger partial charge in [0.25, 0.3) is 0 Å². The average Bonchev–Trinajstić information content (AvgIpc) is 2.48. The number of allylic oxidation sites excluding steroid dienone is 4. The van der Waals surface area contributed by atoms with Crippen molar-refractivity contribution in [1.29, 1.82) is 5.41 Å². The fourth-order valence-electron chi connectivity index (χ4n) is 1.75. The molecule has 0 bridgehead atoms. The molecule has 0 aliphatic heterocycles. The summed E-state index contributed by atoms with van der Waals surface area (Å²) in [6.45, 7) is 1.67. The Morgan fingerprint density at radius 3 is 2.86 bits per heavy atom. The number of nitrogens with one attached hydrogen (secondary N) is 1. The Kier molecular flexibility index (Phi) is 5.55. The number of rotatable bonds is 5. The number of hydrogen-bond donors (Lipinski definition) is 2. The molecule has 1 aliphatic rings. The van der Waals surface area contributed by atoms with Gasteiger partial charge in [0.05, 0.1) is 22.9 Å². The quantitative estimate of drug-likeness (QED) is 0.497. The predicted molar refractivity (Wildman–Crippen MR) is 87.7 cm³/mol. The Morgan fingerprint density at radius 2 is 2.14 bits per heavy atom. The summed E-state index contributed by atoms with van der Waals surface area (Å²) < 4.78 is 9.17. The maximum Gasteiger partial charge on any atom is 0.302 e. The van der Waals surface area contributed by atoms with E-state index in [4.69, 9.17) is 10.1 Å². The molecule has 0 spiro atoms. The summed E-state index contributed by atoms with van der Waals surface area (Å²) in [4.78, 5) is 11.3. The topological polar surface area (TPSA) is 82.7 Å². The van der Waals surface area contributed by atoms with Gasteiger partial charge in [0, 0.05) is 25.3 Å². The van der Waals surface area contributed by atoms with Crippen LogP contribution < -0.4 is 0 Å². The first-order valence-corrected chi connectivity index (χ1v) is 7.47. The van der Waals surface area contributed by atoms with Crippen LogP contribution in [0.5, 0.6) is 5.75 Å². The first kappa shape index (κ1) is 16.0. The van der Waals surface area contributed by atoms with Crippen molar-refractivity contribution in [3.05, 3.63) is 48.1 Å². The number of carbonyl (C=O) groups excluding carboxylic acids is 1. The van der Waals surface area contributed by atoms with E-state index in [0.29, 0.717) is 29.3 Å². The van der Waals surface area contributed by atoms with E-state index in [9.17, 15) is 9.90 Å². The Morgan fingerprint density at radius 1 is 1.36 bits per heavy atom. The Bertz CT molecular complexity index is 678. The van der Waals surface area contributed by atoms with Crippen LogP contribution in [-0.4, -0.2) is 29.1 Å². The summed E-state index contributed by atoms with van der Waals surface area (Å²) in [7, 11) is 0. The van der Waals surface area contributed by atoms with Gasteiger partial charge >= 0.3 is 5.97 Å². The molecule has 2 rings (SSSR count). The third-order valence-corrected chi connectivity index (χ3v) is 3.68. The summed E-state index contributed by atoms with van der Waals surface area (Å²) in [5.74, 6) is -0.178. The highest BCUT2D eigenvalue weighted by molar-refractivity contribution is 7.98. The number of ether oxygens (including phenoxy) is 1. The van der Waals surface area contributed by atoms with Crippen LogP contribution in [0.4, 0.5) is 0 Å². The number of carbonyl (C=O) groups is 1. The van der Waals surface area contributed by atoms with Crippen molar-refractivity contribution in [1.82, 2.24) is 0 Å². The molecule has 0 atom stereocenters. The minimum Gasteiger partial charge on any atom is -0.507 e. The van der Waals surface area contributed by atoms with Crippen molar-refractivity contribution in [2.24, 2.45) is 4.40 Å². The van der Waals surface area contributed by atoms with Gasteiger partial charge in [0.15, 0.2) is 0 Å². The zero-order valence-electron chi connectivity index (χ0n) is 12.1. The van der Waals surface area contributed by atoms with Crippen molar-refractivity contribution >= 4 is 29.3 Å². The molecule has 0 fully saturated rings. The average molecular weight is 316 g/mol. The highest BCUT2D eigenvalue weighted by atomic mass is 32.2. The molecule has 2 N–H and O–H groups in total. The van der Waals surface area contributed by atoms with Crippen LogP contribution in [0.15, 0.2) is 51.8 Å². The van der Waals surface area contributed by atoms with Gasteiger partial charge in [-0.05, 0) is 29.8 Å². The number of benzene rings is 1. The van der Waals surface area contributed by atoms with E-state index >= 15 is 0 Å². The molecule has 6 heteroatoms. The lowest BCUT2D eigenvalue weighted by molar-refractivity contribution is -0.140. The first-order valence-electron chi connectivity index (χ1n) is 6.70. The van der Waals surface area contributed by atoms with Crippen molar-refractivity contribution in [3.8, 4) is 5.75 Å². The molecule has 22 heavy (non-hydrogen) atoms. The molecular weight excluding hydrogens is 300 g/mol. The van der Waals surface area contributed by atoms with Crippen LogP contribution >= 0.6 is 11.9 Å². The van der Waals surface area contributed by atoms with Gasteiger partial charge in [-0.3, -0.25) is 10.2 Å². The van der Waals surface area contributed by atoms with Gasteiger partial charge in [0.2, 0.25) is 0 Å². The van der Waals surface area contributed by atoms with Crippen LogP contribution in [0.2, 0.25) is 0 Å². The zero-order chi connectivity index (χ0) is 15.9. The van der Waals surface area contributed by atoms with Crippen molar-refractivity contribution in [2.75, 3.05) is 6.61 Å². The van der Waals surface area contributed by atoms with Crippen LogP contribution in [-0.2, 0) is 16.0 Å². The van der Waals surface area contributed by atoms with Crippen molar-refractivity contribution in [3.63, 3.8) is 0 Å². The minimum absolute atomic E-state index is 0.132. The van der Waals surface area contributed by atoms with Crippen molar-refractivity contribution in [2.45, 2.75) is 18.2 Å². The molecule has 0 heterocycles. The van der Waals surface area contributed by atoms with Crippen LogP contribution in [0.25, 0.3) is 0 Å². The number of esters is 1. The molecule has 0 aromatic heterocycles. The lowest BCUT2D eigenvalue weighted by atomic mass is 10.1. The van der Waals surface area contributed by atoms with Gasteiger partial charge in [0.1, 0.15) is 5.75 Å². The van der Waals surface area contributed by atoms with Gasteiger partial charge in [-0.25, -0.2) is 4.40 Å². The van der Waals surface area contributed by atoms with Gasteiger partial charge < -0.3 is 9.84 Å². The fraction of sp³-hybridized carbons (Fsp3) is 0.188. The van der Waals surface area contributed by atoms with Crippen LogP contribution in [0.3, 0.4) is 0 Å². The summed E-state index contributed by atoms with van der Waals surface area (Å²) in [6, 6.07) is 5.18. The van der Waals surface area contributed by atoms with E-state index in [0.717, 1.165) is 17.5 Å². The van der Waals surface area contributed by atoms with Crippen LogP contribution in [0, 0.1) is 5.41 Å². The second kappa shape index (κ2) is 7.61. The lowest BCUT2D eigenvalue weighted by Gasteiger charge is -2.07. The number of phenols is 1. The zero-order valence-corrected chi connectivity index (χ0v) is 12.9. The SMILES string of the molecule is CC(=O)OCCc1ccc(O)c(SN=C2C=CC=CC2=N)c1. The predicted octanol–water partition coefficient (Wildman–Crippen LogP) is 3.09. The molecule has 5 nitrogen and oxygen atoms in total. The molecule has 0 radical (unpaired) electrons. The highest BCUT2D eigenvalue weighted by Gasteiger charge is 2.07. The third-order valence-electron chi connectivity index (χ3n) is 2.87. The van der Waals surface area contributed by atoms with Crippen LogP contribution in [0.1, 0.15) is 12.5 Å². The Balaban J connectivity index is 2.05. The number of phenolic OH excluding ortho intramolecular Hbond substituents is 1. The Labute approximate surface area is 133 Å². The second-order valence-electron chi connectivity index (χ2n) is 4.59. The lowest BCUT2D eigenvalue weighted by Crippen LogP contribution is -2.08. The molecule has 0 amide bonds. The van der Waals surface area contributed by atoms with Gasteiger partial charge in [-0.1, -0.05) is 18.2 Å². The number of hydrogen-bond acceptors (Lipinski definition) is 6. The third kappa shape index (κ3) is 4.60. The van der Waals surface area contributed by atoms with Crippen molar-refractivity contribution < 1.29 is 14.6 Å². The Hall–Kier alpha value is -2.34. The molecular formula is C16H16N2O3S. The monoisotopic (exact) mass is 316 g/mol. The second-order valence-corrected chi connectivity index (χ2v) is 5.40. The van der Waals surface area contributed by atoms with E-state index in [1.807, 2.05) is 6.08 Å². The normalized spacial score (nSPS) is 15.3. The molecule has 1 aromatic carbocycles. The fourth-order valence-corrected chi connectivity index (χ4v) is 2.47. The molecule has 1 aliphatic carbocycles. The van der Waals surface area contributed by atoms with E-state index in [-0.39, 0.29) is 11.7 Å². The maximum absolute atomic E-state index is 10.7. The maximum atomic E-state index is 10.7. The molecule has 1 aromatic rings. The number of aromatic hydroxyl groups is 1. The summed E-state index contributed by atoms with van der Waals surface area (Å²) >= 11 is 1.12.